The van der Waals surface area contributed by atoms with E-state index in [2.05, 4.69) is 84.3 Å². The normalized spacial score (nSPS) is 17.5. The van der Waals surface area contributed by atoms with Gasteiger partial charge in [0.1, 0.15) is 11.6 Å². The Bertz CT molecular complexity index is 1400. The van der Waals surface area contributed by atoms with Gasteiger partial charge in [0.2, 0.25) is 5.95 Å². The molecule has 226 valence electrons. The number of benzene rings is 2. The van der Waals surface area contributed by atoms with E-state index in [1.165, 1.54) is 68.0 Å². The van der Waals surface area contributed by atoms with Gasteiger partial charge in [-0.3, -0.25) is 4.90 Å². The fraction of sp³-hybridized carbons (Fsp3) is 0.500. The minimum atomic E-state index is -1.16. The Hall–Kier alpha value is -2.79. The van der Waals surface area contributed by atoms with Crippen molar-refractivity contribution in [2.24, 2.45) is 0 Å². The number of likely N-dealkylation sites (N-methyl/N-ethyl adjacent to an activating group) is 1. The van der Waals surface area contributed by atoms with Gasteiger partial charge in [0.15, 0.2) is 0 Å². The van der Waals surface area contributed by atoms with E-state index in [-0.39, 0.29) is 0 Å². The average Bonchev–Trinajstić information content (AvgIpc) is 2.95. The maximum Gasteiger partial charge on any atom is 0.229 e. The molecular weight excluding hydrogens is 597 g/mol. The number of aryl methyl sites for hydroxylation is 2. The van der Waals surface area contributed by atoms with E-state index in [0.29, 0.717) is 33.5 Å². The summed E-state index contributed by atoms with van der Waals surface area (Å²) in [6, 6.07) is 9.48. The first-order chi connectivity index (χ1) is 20.0. The molecule has 0 spiro atoms. The van der Waals surface area contributed by atoms with E-state index in [0.717, 1.165) is 25.2 Å². The van der Waals surface area contributed by atoms with Gasteiger partial charge >= 0.3 is 0 Å². The zero-order chi connectivity index (χ0) is 30.0. The van der Waals surface area contributed by atoms with Gasteiger partial charge in [-0.1, -0.05) is 13.0 Å². The Morgan fingerprint density at radius 3 is 2.40 bits per heavy atom. The summed E-state index contributed by atoms with van der Waals surface area (Å²) < 4.78 is 14.8. The number of aliphatic hydroxyl groups is 1. The van der Waals surface area contributed by atoms with E-state index >= 15 is 0 Å². The van der Waals surface area contributed by atoms with Crippen molar-refractivity contribution in [1.29, 1.82) is 0 Å². The van der Waals surface area contributed by atoms with Gasteiger partial charge in [-0.05, 0) is 98.4 Å². The van der Waals surface area contributed by atoms with Crippen molar-refractivity contribution in [2.45, 2.75) is 58.6 Å². The molecule has 0 radical (unpaired) electrons. The topological polar surface area (TPSA) is 79.8 Å². The molecule has 3 N–H and O–H groups in total. The predicted molar refractivity (Wildman–Crippen MR) is 173 cm³/mol. The standard InChI is InChI=1S/C32H43BrFN7O/c1-6-22-18-29(41-11-9-24(10-12-41)40-15-13-39(5)14-16-40)21(2)17-27(22)37-31-35-20-26(33)30(38-31)36-28-19-23(34)7-8-25(28)32(3,4)42/h7-8,17-20,24,42H,6,9-16H2,1-5H3,(H2,35,36,37,38). The molecule has 0 amide bonds. The quantitative estimate of drug-likeness (QED) is 0.270. The van der Waals surface area contributed by atoms with Crippen LogP contribution >= 0.6 is 15.9 Å². The molecule has 0 aliphatic carbocycles. The SMILES string of the molecule is CCc1cc(N2CCC(N3CCN(C)CC3)CC2)c(C)cc1Nc1ncc(Br)c(Nc2cc(F)ccc2C(C)(C)O)n1. The van der Waals surface area contributed by atoms with Crippen molar-refractivity contribution >= 4 is 44.8 Å². The molecule has 2 aliphatic heterocycles. The zero-order valence-electron chi connectivity index (χ0n) is 25.3. The second-order valence-corrected chi connectivity index (χ2v) is 13.0. The molecule has 8 nitrogen and oxygen atoms in total. The lowest BCUT2D eigenvalue weighted by Gasteiger charge is -2.43. The van der Waals surface area contributed by atoms with Crippen LogP contribution in [0, 0.1) is 12.7 Å². The summed E-state index contributed by atoms with van der Waals surface area (Å²) in [6.07, 6.45) is 4.94. The van der Waals surface area contributed by atoms with Crippen LogP contribution < -0.4 is 15.5 Å². The lowest BCUT2D eigenvalue weighted by molar-refractivity contribution is 0.0793. The molecule has 10 heteroatoms. The number of anilines is 5. The van der Waals surface area contributed by atoms with Crippen LogP contribution in [-0.4, -0.2) is 77.2 Å². The Morgan fingerprint density at radius 1 is 1.02 bits per heavy atom. The van der Waals surface area contributed by atoms with E-state index in [1.54, 1.807) is 26.1 Å². The van der Waals surface area contributed by atoms with Crippen molar-refractivity contribution < 1.29 is 9.50 Å². The molecular formula is C32H43BrFN7O. The molecule has 5 rings (SSSR count). The number of halogens is 2. The van der Waals surface area contributed by atoms with Gasteiger partial charge in [-0.15, -0.1) is 0 Å². The smallest absolute Gasteiger partial charge is 0.229 e. The molecule has 2 aliphatic rings. The first-order valence-electron chi connectivity index (χ1n) is 14.9. The third kappa shape index (κ3) is 7.05. The zero-order valence-corrected chi connectivity index (χ0v) is 26.9. The Kier molecular flexibility index (Phi) is 9.37. The monoisotopic (exact) mass is 639 g/mol. The molecule has 0 bridgehead atoms. The predicted octanol–water partition coefficient (Wildman–Crippen LogP) is 6.18. The molecule has 42 heavy (non-hydrogen) atoms. The van der Waals surface area contributed by atoms with Gasteiger partial charge in [-0.25, -0.2) is 9.37 Å². The van der Waals surface area contributed by atoms with Crippen LogP contribution in [0.1, 0.15) is 50.3 Å². The largest absolute Gasteiger partial charge is 0.386 e. The highest BCUT2D eigenvalue weighted by molar-refractivity contribution is 9.10. The molecule has 0 unspecified atom stereocenters. The van der Waals surface area contributed by atoms with Crippen molar-refractivity contribution in [3.05, 3.63) is 63.5 Å². The number of rotatable bonds is 8. The van der Waals surface area contributed by atoms with Gasteiger partial charge in [0, 0.05) is 74.1 Å². The second kappa shape index (κ2) is 12.8. The van der Waals surface area contributed by atoms with Crippen LogP contribution in [0.4, 0.5) is 33.2 Å². The summed E-state index contributed by atoms with van der Waals surface area (Å²) in [5.74, 6) is 0.496. The van der Waals surface area contributed by atoms with E-state index in [1.807, 2.05) is 0 Å². The third-order valence-corrected chi connectivity index (χ3v) is 9.13. The Labute approximate surface area is 257 Å². The van der Waals surface area contributed by atoms with Crippen molar-refractivity contribution in [3.8, 4) is 0 Å². The summed E-state index contributed by atoms with van der Waals surface area (Å²) in [4.78, 5) is 16.8. The van der Waals surface area contributed by atoms with Crippen LogP contribution in [0.3, 0.4) is 0 Å². The highest BCUT2D eigenvalue weighted by atomic mass is 79.9. The van der Waals surface area contributed by atoms with Crippen molar-refractivity contribution in [2.75, 3.05) is 61.8 Å². The van der Waals surface area contributed by atoms with Crippen LogP contribution in [-0.2, 0) is 12.0 Å². The molecule has 1 aromatic heterocycles. The molecule has 3 heterocycles. The Morgan fingerprint density at radius 2 is 1.74 bits per heavy atom. The number of nitrogens with one attached hydrogen (secondary N) is 2. The fourth-order valence-corrected chi connectivity index (χ4v) is 6.35. The lowest BCUT2D eigenvalue weighted by Crippen LogP contribution is -2.52. The molecule has 2 fully saturated rings. The number of aromatic nitrogens is 2. The van der Waals surface area contributed by atoms with Gasteiger partial charge in [-0.2, -0.15) is 4.98 Å². The highest BCUT2D eigenvalue weighted by Crippen LogP contribution is 2.35. The average molecular weight is 641 g/mol. The molecule has 0 saturated carbocycles. The minimum Gasteiger partial charge on any atom is -0.386 e. The van der Waals surface area contributed by atoms with Gasteiger partial charge < -0.3 is 25.5 Å². The second-order valence-electron chi connectivity index (χ2n) is 12.1. The number of hydrogen-bond donors (Lipinski definition) is 3. The number of piperidine rings is 1. The first-order valence-corrected chi connectivity index (χ1v) is 15.7. The third-order valence-electron chi connectivity index (χ3n) is 8.55. The first kappa shape index (κ1) is 30.7. The molecule has 2 aromatic carbocycles. The summed E-state index contributed by atoms with van der Waals surface area (Å²) in [5.41, 5.74) is 4.55. The van der Waals surface area contributed by atoms with Crippen LogP contribution in [0.2, 0.25) is 0 Å². The maximum absolute atomic E-state index is 14.1. The summed E-state index contributed by atoms with van der Waals surface area (Å²) in [7, 11) is 2.21. The van der Waals surface area contributed by atoms with Crippen molar-refractivity contribution in [1.82, 2.24) is 19.8 Å². The van der Waals surface area contributed by atoms with E-state index < -0.39 is 11.4 Å². The highest BCUT2D eigenvalue weighted by Gasteiger charge is 2.28. The fourth-order valence-electron chi connectivity index (χ4n) is 6.06. The summed E-state index contributed by atoms with van der Waals surface area (Å²) in [6.45, 7) is 14.5. The molecule has 0 atom stereocenters. The van der Waals surface area contributed by atoms with Crippen LogP contribution in [0.25, 0.3) is 0 Å². The maximum atomic E-state index is 14.1. The lowest BCUT2D eigenvalue weighted by atomic mass is 9.96. The number of piperazine rings is 1. The summed E-state index contributed by atoms with van der Waals surface area (Å²) in [5, 5.41) is 17.2. The van der Waals surface area contributed by atoms with E-state index in [9.17, 15) is 9.50 Å². The van der Waals surface area contributed by atoms with E-state index in [4.69, 9.17) is 0 Å². The van der Waals surface area contributed by atoms with Gasteiger partial charge in [0.05, 0.1) is 10.1 Å². The molecule has 2 saturated heterocycles. The molecule has 3 aromatic rings. The minimum absolute atomic E-state index is 0.402. The van der Waals surface area contributed by atoms with Crippen LogP contribution in [0.15, 0.2) is 41.0 Å². The van der Waals surface area contributed by atoms with Gasteiger partial charge in [0.25, 0.3) is 0 Å². The van der Waals surface area contributed by atoms with Crippen LogP contribution in [0.5, 0.6) is 0 Å². The summed E-state index contributed by atoms with van der Waals surface area (Å²) >= 11 is 3.51. The number of hydrogen-bond acceptors (Lipinski definition) is 8. The Balaban J connectivity index is 1.31. The van der Waals surface area contributed by atoms with Crippen molar-refractivity contribution in [3.63, 3.8) is 0 Å². The number of nitrogens with zero attached hydrogens (tertiary/aromatic N) is 5.